The second kappa shape index (κ2) is 8.53. The first-order valence-electron chi connectivity index (χ1n) is 9.36. The molecule has 3 rings (SSSR count). The third-order valence-electron chi connectivity index (χ3n) is 4.45. The Morgan fingerprint density at radius 3 is 2.42 bits per heavy atom. The standard InChI is InChI=1S/C20H24N6O4S/c1-20(2,3)16-13-17(26(24-16)19-21-10-7-11-22-19)23-18(27)14-8-6-9-15(12-14)31(28,29)25(4)30-5/h6-13H,1-5H3,(H,23,27). The Labute approximate surface area is 180 Å². The Kier molecular flexibility index (Phi) is 6.20. The Morgan fingerprint density at radius 1 is 1.13 bits per heavy atom. The van der Waals surface area contributed by atoms with Gasteiger partial charge in [-0.1, -0.05) is 31.3 Å². The van der Waals surface area contributed by atoms with Crippen molar-refractivity contribution in [1.29, 1.82) is 0 Å². The van der Waals surface area contributed by atoms with E-state index in [0.717, 1.165) is 10.2 Å². The number of benzene rings is 1. The maximum atomic E-state index is 12.9. The van der Waals surface area contributed by atoms with Crippen molar-refractivity contribution in [2.24, 2.45) is 0 Å². The molecule has 1 amide bonds. The molecule has 0 unspecified atom stereocenters. The molecule has 11 heteroatoms. The summed E-state index contributed by atoms with van der Waals surface area (Å²) in [7, 11) is -1.37. The van der Waals surface area contributed by atoms with E-state index in [1.807, 2.05) is 20.8 Å². The van der Waals surface area contributed by atoms with Crippen LogP contribution in [0.5, 0.6) is 0 Å². The van der Waals surface area contributed by atoms with Gasteiger partial charge in [0, 0.05) is 36.5 Å². The number of hydroxylamine groups is 1. The number of rotatable bonds is 6. The fourth-order valence-electron chi connectivity index (χ4n) is 2.62. The third kappa shape index (κ3) is 4.79. The summed E-state index contributed by atoms with van der Waals surface area (Å²) in [4.78, 5) is 26.1. The minimum atomic E-state index is -3.89. The molecule has 1 aromatic carbocycles. The maximum absolute atomic E-state index is 12.9. The molecule has 0 radical (unpaired) electrons. The summed E-state index contributed by atoms with van der Waals surface area (Å²) in [6, 6.07) is 9.10. The van der Waals surface area contributed by atoms with E-state index in [2.05, 4.69) is 20.4 Å². The number of aromatic nitrogens is 4. The SMILES string of the molecule is CON(C)S(=O)(=O)c1cccc(C(=O)Nc2cc(C(C)(C)C)nn2-c2ncccn2)c1. The van der Waals surface area contributed by atoms with Crippen molar-refractivity contribution in [1.82, 2.24) is 24.2 Å². The first-order valence-corrected chi connectivity index (χ1v) is 10.8. The van der Waals surface area contributed by atoms with Crippen LogP contribution in [-0.4, -0.2) is 52.7 Å². The van der Waals surface area contributed by atoms with Crippen molar-refractivity contribution in [2.75, 3.05) is 19.5 Å². The van der Waals surface area contributed by atoms with E-state index in [4.69, 9.17) is 4.84 Å². The summed E-state index contributed by atoms with van der Waals surface area (Å²) in [5.41, 5.74) is 0.607. The van der Waals surface area contributed by atoms with Gasteiger partial charge in [-0.05, 0) is 24.3 Å². The number of hydrogen-bond donors (Lipinski definition) is 1. The molecule has 0 aliphatic rings. The van der Waals surface area contributed by atoms with Crippen molar-refractivity contribution in [3.63, 3.8) is 0 Å². The summed E-state index contributed by atoms with van der Waals surface area (Å²) in [6.45, 7) is 5.99. The van der Waals surface area contributed by atoms with Gasteiger partial charge in [-0.3, -0.25) is 9.63 Å². The van der Waals surface area contributed by atoms with Crippen LogP contribution in [0.3, 0.4) is 0 Å². The van der Waals surface area contributed by atoms with E-state index < -0.39 is 15.9 Å². The van der Waals surface area contributed by atoms with Crippen molar-refractivity contribution in [3.05, 3.63) is 60.0 Å². The maximum Gasteiger partial charge on any atom is 0.264 e. The number of nitrogens with zero attached hydrogens (tertiary/aromatic N) is 5. The number of carbonyl (C=O) groups is 1. The minimum Gasteiger partial charge on any atom is -0.306 e. The molecule has 10 nitrogen and oxygen atoms in total. The van der Waals surface area contributed by atoms with Gasteiger partial charge in [-0.25, -0.2) is 18.4 Å². The van der Waals surface area contributed by atoms with Gasteiger partial charge in [-0.2, -0.15) is 9.78 Å². The lowest BCUT2D eigenvalue weighted by Crippen LogP contribution is -2.26. The fraction of sp³-hybridized carbons (Fsp3) is 0.300. The van der Waals surface area contributed by atoms with Crippen LogP contribution in [0.1, 0.15) is 36.8 Å². The summed E-state index contributed by atoms with van der Waals surface area (Å²) < 4.78 is 27.1. The minimum absolute atomic E-state index is 0.0696. The monoisotopic (exact) mass is 444 g/mol. The molecular weight excluding hydrogens is 420 g/mol. The highest BCUT2D eigenvalue weighted by atomic mass is 32.2. The zero-order chi connectivity index (χ0) is 22.8. The van der Waals surface area contributed by atoms with E-state index in [0.29, 0.717) is 11.8 Å². The smallest absolute Gasteiger partial charge is 0.264 e. The number of carbonyl (C=O) groups excluding carboxylic acids is 1. The normalized spacial score (nSPS) is 12.2. The number of nitrogens with one attached hydrogen (secondary N) is 1. The van der Waals surface area contributed by atoms with Gasteiger partial charge in [0.1, 0.15) is 5.82 Å². The van der Waals surface area contributed by atoms with Crippen LogP contribution in [0.4, 0.5) is 5.82 Å². The van der Waals surface area contributed by atoms with Gasteiger partial charge in [0.25, 0.3) is 21.9 Å². The van der Waals surface area contributed by atoms with Crippen molar-refractivity contribution < 1.29 is 18.0 Å². The topological polar surface area (TPSA) is 119 Å². The summed E-state index contributed by atoms with van der Waals surface area (Å²) >= 11 is 0. The number of sulfonamides is 1. The zero-order valence-electron chi connectivity index (χ0n) is 17.9. The van der Waals surface area contributed by atoms with Crippen LogP contribution in [0.25, 0.3) is 5.95 Å². The average molecular weight is 445 g/mol. The molecule has 164 valence electrons. The molecule has 3 aromatic rings. The van der Waals surface area contributed by atoms with E-state index in [9.17, 15) is 13.2 Å². The molecule has 0 spiro atoms. The Balaban J connectivity index is 1.97. The lowest BCUT2D eigenvalue weighted by molar-refractivity contribution is -0.0258. The predicted octanol–water partition coefficient (Wildman–Crippen LogP) is 2.39. The molecule has 0 bridgehead atoms. The highest BCUT2D eigenvalue weighted by molar-refractivity contribution is 7.89. The molecule has 2 heterocycles. The fourth-order valence-corrected chi connectivity index (χ4v) is 3.64. The van der Waals surface area contributed by atoms with Crippen LogP contribution >= 0.6 is 0 Å². The lowest BCUT2D eigenvalue weighted by atomic mass is 9.92. The molecule has 0 fully saturated rings. The first-order chi connectivity index (χ1) is 14.5. The Bertz CT molecular complexity index is 1190. The summed E-state index contributed by atoms with van der Waals surface area (Å²) in [6.07, 6.45) is 3.15. The molecular formula is C20H24N6O4S. The van der Waals surface area contributed by atoms with Crippen LogP contribution in [0.2, 0.25) is 0 Å². The van der Waals surface area contributed by atoms with Gasteiger partial charge in [0.2, 0.25) is 0 Å². The molecule has 0 saturated heterocycles. The molecule has 0 atom stereocenters. The zero-order valence-corrected chi connectivity index (χ0v) is 18.7. The third-order valence-corrected chi connectivity index (χ3v) is 6.13. The molecule has 0 aliphatic heterocycles. The quantitative estimate of drug-likeness (QED) is 0.580. The van der Waals surface area contributed by atoms with E-state index in [1.54, 1.807) is 24.5 Å². The van der Waals surface area contributed by atoms with Gasteiger partial charge in [0.05, 0.1) is 17.7 Å². The van der Waals surface area contributed by atoms with Crippen LogP contribution in [-0.2, 0) is 20.3 Å². The Hall–Kier alpha value is -3.15. The van der Waals surface area contributed by atoms with Gasteiger partial charge in [0.15, 0.2) is 0 Å². The predicted molar refractivity (Wildman–Crippen MR) is 114 cm³/mol. The van der Waals surface area contributed by atoms with Crippen molar-refractivity contribution in [2.45, 2.75) is 31.1 Å². The first kappa shape index (κ1) is 22.5. The Morgan fingerprint density at radius 2 is 1.81 bits per heavy atom. The van der Waals surface area contributed by atoms with Crippen LogP contribution in [0.15, 0.2) is 53.7 Å². The molecule has 2 aromatic heterocycles. The van der Waals surface area contributed by atoms with Crippen LogP contribution < -0.4 is 5.32 Å². The van der Waals surface area contributed by atoms with Gasteiger partial charge >= 0.3 is 0 Å². The van der Waals surface area contributed by atoms with Crippen molar-refractivity contribution >= 4 is 21.7 Å². The average Bonchev–Trinajstić information content (AvgIpc) is 3.18. The highest BCUT2D eigenvalue weighted by Crippen LogP contribution is 2.26. The number of anilines is 1. The van der Waals surface area contributed by atoms with Crippen molar-refractivity contribution in [3.8, 4) is 5.95 Å². The number of hydrogen-bond acceptors (Lipinski definition) is 7. The molecule has 0 saturated carbocycles. The lowest BCUT2D eigenvalue weighted by Gasteiger charge is -2.14. The molecule has 1 N–H and O–H groups in total. The second-order valence-electron chi connectivity index (χ2n) is 7.70. The highest BCUT2D eigenvalue weighted by Gasteiger charge is 2.24. The summed E-state index contributed by atoms with van der Waals surface area (Å²) in [5.74, 6) is 0.157. The number of amides is 1. The van der Waals surface area contributed by atoms with Gasteiger partial charge < -0.3 is 5.32 Å². The van der Waals surface area contributed by atoms with E-state index in [-0.39, 0.29) is 15.9 Å². The largest absolute Gasteiger partial charge is 0.306 e. The van der Waals surface area contributed by atoms with Gasteiger partial charge in [-0.15, -0.1) is 0 Å². The molecule has 31 heavy (non-hydrogen) atoms. The van der Waals surface area contributed by atoms with Crippen LogP contribution in [0, 0.1) is 0 Å². The van der Waals surface area contributed by atoms with E-state index in [1.165, 1.54) is 43.1 Å². The summed E-state index contributed by atoms with van der Waals surface area (Å²) in [5, 5.41) is 7.33. The second-order valence-corrected chi connectivity index (χ2v) is 9.64. The molecule has 0 aliphatic carbocycles. The van der Waals surface area contributed by atoms with E-state index >= 15 is 0 Å².